The van der Waals surface area contributed by atoms with Gasteiger partial charge in [0.25, 0.3) is 5.69 Å². The third-order valence-corrected chi connectivity index (χ3v) is 4.67. The molecule has 0 saturated heterocycles. The maximum absolute atomic E-state index is 11.8. The van der Waals surface area contributed by atoms with E-state index in [-0.39, 0.29) is 16.8 Å². The molecule has 8 heteroatoms. The van der Waals surface area contributed by atoms with E-state index < -0.39 is 4.92 Å². The lowest BCUT2D eigenvalue weighted by Crippen LogP contribution is -1.98. The second-order valence-corrected chi connectivity index (χ2v) is 6.78. The van der Waals surface area contributed by atoms with Gasteiger partial charge in [0.1, 0.15) is 0 Å². The molecule has 4 nitrogen and oxygen atoms in total. The monoisotopic (exact) mass is 412 g/mol. The van der Waals surface area contributed by atoms with Gasteiger partial charge in [-0.2, -0.15) is 0 Å². The van der Waals surface area contributed by atoms with Crippen molar-refractivity contribution in [3.63, 3.8) is 0 Å². The summed E-state index contributed by atoms with van der Waals surface area (Å²) in [5, 5.41) is 13.3. The molecule has 0 aliphatic heterocycles. The van der Waals surface area contributed by atoms with Crippen molar-refractivity contribution < 1.29 is 4.92 Å². The molecule has 25 heavy (non-hydrogen) atoms. The number of nitrogens with zero attached hydrogens (tertiary/aromatic N) is 2. The Morgan fingerprint density at radius 3 is 1.60 bits per heavy atom. The zero-order valence-electron chi connectivity index (χ0n) is 12.3. The molecule has 0 saturated carbocycles. The average molecular weight is 414 g/mol. The van der Waals surface area contributed by atoms with Crippen molar-refractivity contribution in [3.05, 3.63) is 79.0 Å². The maximum Gasteiger partial charge on any atom is 0.288 e. The van der Waals surface area contributed by atoms with Gasteiger partial charge in [0.15, 0.2) is 0 Å². The summed E-state index contributed by atoms with van der Waals surface area (Å²) in [6, 6.07) is 9.45. The zero-order chi connectivity index (χ0) is 18.1. The SMILES string of the molecule is O=[N+]([O-])c1c(-c2cc(Cl)ccc2Cl)cncc1-c1cc(Cl)ccc1Cl. The van der Waals surface area contributed by atoms with Crippen LogP contribution in [-0.2, 0) is 0 Å². The van der Waals surface area contributed by atoms with Crippen molar-refractivity contribution in [2.45, 2.75) is 0 Å². The first-order valence-corrected chi connectivity index (χ1v) is 8.43. The molecule has 0 spiro atoms. The highest BCUT2D eigenvalue weighted by molar-refractivity contribution is 6.36. The molecule has 0 atom stereocenters. The Morgan fingerprint density at radius 1 is 0.760 bits per heavy atom. The van der Waals surface area contributed by atoms with E-state index in [0.29, 0.717) is 31.2 Å². The van der Waals surface area contributed by atoms with Gasteiger partial charge in [-0.05, 0) is 36.4 Å². The molecule has 0 amide bonds. The predicted octanol–water partition coefficient (Wildman–Crippen LogP) is 6.94. The van der Waals surface area contributed by atoms with Crippen molar-refractivity contribution in [1.82, 2.24) is 4.98 Å². The second kappa shape index (κ2) is 7.18. The molecular formula is C17H8Cl4N2O2. The Labute approximate surface area is 163 Å². The fraction of sp³-hybridized carbons (Fsp3) is 0. The number of aromatic nitrogens is 1. The van der Waals surface area contributed by atoms with Crippen LogP contribution in [0.1, 0.15) is 0 Å². The Balaban J connectivity index is 2.35. The van der Waals surface area contributed by atoms with Gasteiger partial charge in [0.2, 0.25) is 0 Å². The van der Waals surface area contributed by atoms with E-state index in [1.807, 2.05) is 0 Å². The molecule has 1 aromatic heterocycles. The van der Waals surface area contributed by atoms with Crippen molar-refractivity contribution in [1.29, 1.82) is 0 Å². The van der Waals surface area contributed by atoms with E-state index in [9.17, 15) is 10.1 Å². The lowest BCUT2D eigenvalue weighted by Gasteiger charge is -2.11. The Kier molecular flexibility index (Phi) is 5.16. The highest BCUT2D eigenvalue weighted by Gasteiger charge is 2.25. The number of hydrogen-bond donors (Lipinski definition) is 0. The summed E-state index contributed by atoms with van der Waals surface area (Å²) in [6.45, 7) is 0. The second-order valence-electron chi connectivity index (χ2n) is 5.09. The minimum absolute atomic E-state index is 0.177. The number of rotatable bonds is 3. The topological polar surface area (TPSA) is 56.0 Å². The molecule has 0 N–H and O–H groups in total. The molecule has 0 aliphatic rings. The van der Waals surface area contributed by atoms with Crippen LogP contribution in [0.15, 0.2) is 48.8 Å². The molecule has 0 fully saturated rings. The fourth-order valence-electron chi connectivity index (χ4n) is 2.45. The number of nitro groups is 1. The van der Waals surface area contributed by atoms with Gasteiger partial charge in [-0.25, -0.2) is 0 Å². The van der Waals surface area contributed by atoms with Gasteiger partial charge >= 0.3 is 0 Å². The first-order valence-electron chi connectivity index (χ1n) is 6.91. The normalized spacial score (nSPS) is 10.7. The van der Waals surface area contributed by atoms with Crippen LogP contribution in [-0.4, -0.2) is 9.91 Å². The van der Waals surface area contributed by atoms with E-state index in [0.717, 1.165) is 0 Å². The molecular weight excluding hydrogens is 406 g/mol. The van der Waals surface area contributed by atoms with Crippen LogP contribution in [0.25, 0.3) is 22.3 Å². The third kappa shape index (κ3) is 3.58. The van der Waals surface area contributed by atoms with E-state index >= 15 is 0 Å². The highest BCUT2D eigenvalue weighted by atomic mass is 35.5. The van der Waals surface area contributed by atoms with Gasteiger partial charge in [-0.15, -0.1) is 0 Å². The summed E-state index contributed by atoms with van der Waals surface area (Å²) in [5.74, 6) is 0. The number of halogens is 4. The van der Waals surface area contributed by atoms with Crippen molar-refractivity contribution in [2.24, 2.45) is 0 Å². The zero-order valence-corrected chi connectivity index (χ0v) is 15.4. The smallest absolute Gasteiger partial charge is 0.263 e. The summed E-state index contributed by atoms with van der Waals surface area (Å²) in [7, 11) is 0. The molecule has 0 bridgehead atoms. The molecule has 3 aromatic rings. The van der Waals surface area contributed by atoms with Gasteiger partial charge in [-0.3, -0.25) is 15.1 Å². The summed E-state index contributed by atoms with van der Waals surface area (Å²) >= 11 is 24.4. The largest absolute Gasteiger partial charge is 0.288 e. The summed E-state index contributed by atoms with van der Waals surface area (Å²) in [4.78, 5) is 15.4. The average Bonchev–Trinajstić information content (AvgIpc) is 2.58. The van der Waals surface area contributed by atoms with Crippen molar-refractivity contribution >= 4 is 52.1 Å². The summed E-state index contributed by atoms with van der Waals surface area (Å²) in [6.07, 6.45) is 2.75. The van der Waals surface area contributed by atoms with Crippen LogP contribution in [0.3, 0.4) is 0 Å². The molecule has 126 valence electrons. The van der Waals surface area contributed by atoms with E-state index in [1.54, 1.807) is 36.4 Å². The van der Waals surface area contributed by atoms with Crippen molar-refractivity contribution in [2.75, 3.05) is 0 Å². The van der Waals surface area contributed by atoms with Crippen LogP contribution in [0.2, 0.25) is 20.1 Å². The standard InChI is InChI=1S/C17H8Cl4N2O2/c18-9-1-3-15(20)11(5-9)13-7-22-8-14(17(13)23(24)25)12-6-10(19)2-4-16(12)21/h1-8H. The Bertz CT molecular complexity index is 923. The number of pyridine rings is 1. The minimum atomic E-state index is -0.499. The van der Waals surface area contributed by atoms with Crippen LogP contribution in [0, 0.1) is 10.1 Å². The van der Waals surface area contributed by atoms with Crippen LogP contribution in [0.4, 0.5) is 5.69 Å². The van der Waals surface area contributed by atoms with Gasteiger partial charge in [-0.1, -0.05) is 46.4 Å². The molecule has 2 aromatic carbocycles. The number of benzene rings is 2. The lowest BCUT2D eigenvalue weighted by atomic mass is 9.99. The Hall–Kier alpha value is -1.85. The lowest BCUT2D eigenvalue weighted by molar-refractivity contribution is -0.383. The van der Waals surface area contributed by atoms with Crippen LogP contribution >= 0.6 is 46.4 Å². The first kappa shape index (κ1) is 18.0. The molecule has 0 radical (unpaired) electrons. The summed E-state index contributed by atoms with van der Waals surface area (Å²) < 4.78 is 0. The Morgan fingerprint density at radius 2 is 1.20 bits per heavy atom. The van der Waals surface area contributed by atoms with E-state index in [4.69, 9.17) is 46.4 Å². The number of hydrogen-bond acceptors (Lipinski definition) is 3. The molecule has 3 rings (SSSR count). The minimum Gasteiger partial charge on any atom is -0.263 e. The summed E-state index contributed by atoms with van der Waals surface area (Å²) in [5.41, 5.74) is 1.13. The molecule has 0 unspecified atom stereocenters. The third-order valence-electron chi connectivity index (χ3n) is 3.54. The highest BCUT2D eigenvalue weighted by Crippen LogP contribution is 2.43. The fourth-order valence-corrected chi connectivity index (χ4v) is 3.24. The van der Waals surface area contributed by atoms with E-state index in [1.165, 1.54) is 12.4 Å². The van der Waals surface area contributed by atoms with Crippen LogP contribution < -0.4 is 0 Å². The van der Waals surface area contributed by atoms with Crippen molar-refractivity contribution in [3.8, 4) is 22.3 Å². The van der Waals surface area contributed by atoms with E-state index in [2.05, 4.69) is 4.98 Å². The quantitative estimate of drug-likeness (QED) is 0.345. The van der Waals surface area contributed by atoms with Crippen LogP contribution in [0.5, 0.6) is 0 Å². The van der Waals surface area contributed by atoms with Gasteiger partial charge in [0, 0.05) is 43.6 Å². The van der Waals surface area contributed by atoms with Gasteiger partial charge < -0.3 is 0 Å². The first-order chi connectivity index (χ1) is 11.9. The predicted molar refractivity (Wildman–Crippen MR) is 102 cm³/mol. The molecule has 1 heterocycles. The molecule has 0 aliphatic carbocycles. The maximum atomic E-state index is 11.8. The van der Waals surface area contributed by atoms with Gasteiger partial charge in [0.05, 0.1) is 16.1 Å².